The predicted molar refractivity (Wildman–Crippen MR) is 99.2 cm³/mol. The van der Waals surface area contributed by atoms with Crippen molar-refractivity contribution in [1.82, 2.24) is 24.7 Å². The molecular weight excluding hydrogens is 410 g/mol. The van der Waals surface area contributed by atoms with Gasteiger partial charge in [-0.3, -0.25) is 9.78 Å². The van der Waals surface area contributed by atoms with E-state index in [1.807, 2.05) is 0 Å². The largest absolute Gasteiger partial charge is 0.457 e. The molecule has 13 heteroatoms. The molecule has 3 aromatic heterocycles. The first-order valence-electron chi connectivity index (χ1n) is 8.26. The molecule has 4 rings (SSSR count). The van der Waals surface area contributed by atoms with Crippen LogP contribution in [0.2, 0.25) is 0 Å². The minimum atomic E-state index is -4.48. The normalized spacial score (nSPS) is 12.0. The maximum atomic E-state index is 12.9. The van der Waals surface area contributed by atoms with Crippen LogP contribution in [0.3, 0.4) is 0 Å². The molecule has 0 aliphatic heterocycles. The summed E-state index contributed by atoms with van der Waals surface area (Å²) in [6, 6.07) is 3.25. The molecule has 0 aliphatic carbocycles. The van der Waals surface area contributed by atoms with Gasteiger partial charge in [0.15, 0.2) is 5.52 Å². The summed E-state index contributed by atoms with van der Waals surface area (Å²) in [6.45, 7) is -0.111. The van der Waals surface area contributed by atoms with Gasteiger partial charge in [0.2, 0.25) is 0 Å². The van der Waals surface area contributed by atoms with Crippen LogP contribution in [-0.4, -0.2) is 41.9 Å². The van der Waals surface area contributed by atoms with Crippen molar-refractivity contribution < 1.29 is 23.2 Å². The number of benzene rings is 1. The van der Waals surface area contributed by atoms with E-state index in [-0.39, 0.29) is 35.1 Å². The van der Waals surface area contributed by atoms with Crippen molar-refractivity contribution in [1.29, 1.82) is 0 Å². The highest BCUT2D eigenvalue weighted by atomic mass is 32.1. The number of rotatable bonds is 4. The van der Waals surface area contributed by atoms with Crippen molar-refractivity contribution in [3.63, 3.8) is 0 Å². The van der Waals surface area contributed by atoms with E-state index in [0.717, 1.165) is 28.2 Å². The molecule has 29 heavy (non-hydrogen) atoms. The summed E-state index contributed by atoms with van der Waals surface area (Å²) in [5, 5.41) is 23.1. The quantitative estimate of drug-likeness (QED) is 0.479. The highest BCUT2D eigenvalue weighted by molar-refractivity contribution is 7.18. The molecule has 0 unspecified atom stereocenters. The summed E-state index contributed by atoms with van der Waals surface area (Å²) in [7, 11) is -1.71. The molecule has 1 aromatic carbocycles. The number of thiazole rings is 1. The number of fused-ring (bicyclic) bond motifs is 2. The van der Waals surface area contributed by atoms with Crippen LogP contribution in [0.25, 0.3) is 21.3 Å². The zero-order chi connectivity index (χ0) is 20.8. The van der Waals surface area contributed by atoms with Crippen molar-refractivity contribution in [2.75, 3.05) is 0 Å². The van der Waals surface area contributed by atoms with E-state index in [4.69, 9.17) is 0 Å². The molecule has 0 aliphatic rings. The molecule has 0 saturated heterocycles. The molecule has 0 atom stereocenters. The zero-order valence-corrected chi connectivity index (χ0v) is 15.3. The average Bonchev–Trinajstić information content (AvgIpc) is 3.06. The summed E-state index contributed by atoms with van der Waals surface area (Å²) >= 11 is 1.13. The third kappa shape index (κ3) is 3.84. The van der Waals surface area contributed by atoms with Gasteiger partial charge in [0, 0.05) is 18.7 Å². The van der Waals surface area contributed by atoms with Crippen LogP contribution >= 0.6 is 11.3 Å². The Hall–Kier alpha value is -2.90. The molecule has 0 bridgehead atoms. The first-order valence-corrected chi connectivity index (χ1v) is 9.07. The fourth-order valence-corrected chi connectivity index (χ4v) is 3.76. The minimum absolute atomic E-state index is 0.00128. The van der Waals surface area contributed by atoms with Crippen molar-refractivity contribution in [3.8, 4) is 0 Å². The number of nitrogens with zero attached hydrogens (tertiary/aromatic N) is 5. The number of hydrogen-bond acceptors (Lipinski definition) is 8. The van der Waals surface area contributed by atoms with E-state index >= 15 is 0 Å². The minimum Gasteiger partial charge on any atom is -0.427 e. The second-order valence-corrected chi connectivity index (χ2v) is 7.25. The van der Waals surface area contributed by atoms with Crippen molar-refractivity contribution >= 4 is 39.7 Å². The van der Waals surface area contributed by atoms with Gasteiger partial charge in [-0.2, -0.15) is 18.3 Å². The van der Waals surface area contributed by atoms with Gasteiger partial charge in [-0.1, -0.05) is 0 Å². The second-order valence-electron chi connectivity index (χ2n) is 6.14. The molecule has 148 valence electrons. The topological polar surface area (TPSA) is 114 Å². The van der Waals surface area contributed by atoms with Gasteiger partial charge in [0.1, 0.15) is 10.5 Å². The highest BCUT2D eigenvalue weighted by Gasteiger charge is 2.30. The van der Waals surface area contributed by atoms with E-state index in [9.17, 15) is 28.0 Å². The van der Waals surface area contributed by atoms with Gasteiger partial charge in [-0.05, 0) is 18.2 Å². The van der Waals surface area contributed by atoms with Crippen LogP contribution in [0.4, 0.5) is 13.2 Å². The van der Waals surface area contributed by atoms with Gasteiger partial charge < -0.3 is 10.0 Å². The van der Waals surface area contributed by atoms with Gasteiger partial charge in [-0.25, -0.2) is 14.6 Å². The number of aromatic nitrogens is 5. The lowest BCUT2D eigenvalue weighted by Gasteiger charge is -2.08. The molecule has 3 heterocycles. The molecule has 2 N–H and O–H groups in total. The molecule has 0 radical (unpaired) electrons. The average molecular weight is 421 g/mol. The molecule has 0 saturated carbocycles. The summed E-state index contributed by atoms with van der Waals surface area (Å²) in [5.41, 5.74) is -0.904. The van der Waals surface area contributed by atoms with Gasteiger partial charge in [0.25, 0.3) is 5.56 Å². The Balaban J connectivity index is 1.77. The summed E-state index contributed by atoms with van der Waals surface area (Å²) in [5.74, 6) is 0. The SMILES string of the molecule is O=c1c2nccnc2c(CB(O)O)nn1Cc1nc2cc(C(F)(F)F)ccc2s1. The van der Waals surface area contributed by atoms with Gasteiger partial charge in [0.05, 0.1) is 28.0 Å². The van der Waals surface area contributed by atoms with Crippen molar-refractivity contribution in [2.45, 2.75) is 19.0 Å². The number of halogens is 3. The fraction of sp³-hybridized carbons (Fsp3) is 0.188. The Kier molecular flexibility index (Phi) is 4.80. The van der Waals surface area contributed by atoms with E-state index in [1.54, 1.807) is 0 Å². The molecule has 0 amide bonds. The number of alkyl halides is 3. The van der Waals surface area contributed by atoms with E-state index < -0.39 is 24.4 Å². The van der Waals surface area contributed by atoms with Crippen molar-refractivity contribution in [3.05, 3.63) is 57.2 Å². The Morgan fingerprint density at radius 1 is 1.14 bits per heavy atom. The van der Waals surface area contributed by atoms with E-state index in [2.05, 4.69) is 20.1 Å². The third-order valence-corrected chi connectivity index (χ3v) is 5.09. The lowest BCUT2D eigenvalue weighted by atomic mass is 9.84. The Morgan fingerprint density at radius 2 is 1.86 bits per heavy atom. The molecular formula is C16H11BF3N5O3S. The fourth-order valence-electron chi connectivity index (χ4n) is 2.83. The maximum absolute atomic E-state index is 12.9. The van der Waals surface area contributed by atoms with E-state index in [1.165, 1.54) is 18.5 Å². The Morgan fingerprint density at radius 3 is 2.55 bits per heavy atom. The van der Waals surface area contributed by atoms with Crippen LogP contribution in [0.5, 0.6) is 0 Å². The Bertz CT molecular complexity index is 1270. The first kappa shape index (κ1) is 19.4. The van der Waals surface area contributed by atoms with Crippen LogP contribution in [0.15, 0.2) is 35.4 Å². The lowest BCUT2D eigenvalue weighted by molar-refractivity contribution is -0.137. The molecule has 0 spiro atoms. The monoisotopic (exact) mass is 421 g/mol. The molecule has 4 aromatic rings. The zero-order valence-electron chi connectivity index (χ0n) is 14.5. The summed E-state index contributed by atoms with van der Waals surface area (Å²) in [6.07, 6.45) is -2.08. The van der Waals surface area contributed by atoms with Crippen LogP contribution in [0.1, 0.15) is 16.3 Å². The summed E-state index contributed by atoms with van der Waals surface area (Å²) in [4.78, 5) is 24.9. The lowest BCUT2D eigenvalue weighted by Crippen LogP contribution is -2.28. The second kappa shape index (κ2) is 7.17. The van der Waals surface area contributed by atoms with Crippen LogP contribution in [0, 0.1) is 0 Å². The molecule has 0 fully saturated rings. The Labute approximate surface area is 164 Å². The smallest absolute Gasteiger partial charge is 0.427 e. The first-order chi connectivity index (χ1) is 13.7. The molecule has 8 nitrogen and oxygen atoms in total. The van der Waals surface area contributed by atoms with Gasteiger partial charge in [-0.15, -0.1) is 11.3 Å². The van der Waals surface area contributed by atoms with Crippen LogP contribution in [-0.2, 0) is 19.0 Å². The predicted octanol–water partition coefficient (Wildman–Crippen LogP) is 1.42. The number of hydrogen-bond donors (Lipinski definition) is 2. The maximum Gasteiger partial charge on any atom is 0.457 e. The van der Waals surface area contributed by atoms with Crippen molar-refractivity contribution in [2.24, 2.45) is 0 Å². The third-order valence-electron chi connectivity index (χ3n) is 4.07. The van der Waals surface area contributed by atoms with E-state index in [0.29, 0.717) is 9.71 Å². The standard InChI is InChI=1S/C16H11BF3N5O3S/c18-16(19,20)8-1-2-11-9(5-8)23-12(29-11)7-25-15(26)14-13(21-3-4-22-14)10(24-25)6-17(27)28/h1-5,27-28H,6-7H2. The van der Waals surface area contributed by atoms with Crippen LogP contribution < -0.4 is 5.56 Å². The summed E-state index contributed by atoms with van der Waals surface area (Å²) < 4.78 is 40.2. The highest BCUT2D eigenvalue weighted by Crippen LogP contribution is 2.33. The van der Waals surface area contributed by atoms with Gasteiger partial charge >= 0.3 is 13.3 Å².